The van der Waals surface area contributed by atoms with Gasteiger partial charge in [-0.15, -0.1) is 16.3 Å². The molecule has 1 aromatic heterocycles. The Balaban J connectivity index is 1.45. The predicted octanol–water partition coefficient (Wildman–Crippen LogP) is 2.96. The van der Waals surface area contributed by atoms with Crippen molar-refractivity contribution in [1.82, 2.24) is 15.2 Å². The number of nitriles is 1. The van der Waals surface area contributed by atoms with Crippen LogP contribution in [-0.2, 0) is 19.5 Å². The Labute approximate surface area is 184 Å². The van der Waals surface area contributed by atoms with E-state index in [1.807, 2.05) is 53.6 Å². The van der Waals surface area contributed by atoms with Crippen LogP contribution in [0.5, 0.6) is 0 Å². The summed E-state index contributed by atoms with van der Waals surface area (Å²) in [6.45, 7) is 1.77. The quantitative estimate of drug-likeness (QED) is 0.253. The summed E-state index contributed by atoms with van der Waals surface area (Å²) in [5.74, 6) is 0.241. The van der Waals surface area contributed by atoms with Gasteiger partial charge in [-0.05, 0) is 17.7 Å². The van der Waals surface area contributed by atoms with E-state index in [0.29, 0.717) is 48.4 Å². The second-order valence-electron chi connectivity index (χ2n) is 6.98. The Morgan fingerprint density at radius 2 is 2.00 bits per heavy atom. The first-order valence-corrected chi connectivity index (χ1v) is 10.6. The number of rotatable bonds is 4. The van der Waals surface area contributed by atoms with Crippen LogP contribution in [0.1, 0.15) is 25.9 Å². The van der Waals surface area contributed by atoms with E-state index in [1.54, 1.807) is 12.1 Å². The van der Waals surface area contributed by atoms with Gasteiger partial charge in [-0.3, -0.25) is 4.79 Å². The number of aromatic nitrogens is 1. The number of nitrogen functional groups attached to an aromatic ring is 1. The number of nitrogens with one attached hydrogen (secondary N) is 2. The van der Waals surface area contributed by atoms with E-state index in [0.717, 1.165) is 16.1 Å². The first kappa shape index (κ1) is 20.4. The highest BCUT2D eigenvalue weighted by atomic mass is 32.1. The number of hydrogen-bond donors (Lipinski definition) is 3. The number of amides is 1. The van der Waals surface area contributed by atoms with Crippen molar-refractivity contribution in [3.05, 3.63) is 75.7 Å². The van der Waals surface area contributed by atoms with E-state index in [1.165, 1.54) is 11.3 Å². The van der Waals surface area contributed by atoms with E-state index in [9.17, 15) is 4.79 Å². The maximum Gasteiger partial charge on any atom is 0.284 e. The van der Waals surface area contributed by atoms with Crippen molar-refractivity contribution >= 4 is 34.6 Å². The summed E-state index contributed by atoms with van der Waals surface area (Å²) in [5.41, 5.74) is 8.99. The fourth-order valence-corrected chi connectivity index (χ4v) is 4.33. The number of benzene rings is 2. The lowest BCUT2D eigenvalue weighted by molar-refractivity contribution is 0.102. The van der Waals surface area contributed by atoms with E-state index in [4.69, 9.17) is 11.0 Å². The monoisotopic (exact) mass is 431 g/mol. The molecular weight excluding hydrogens is 410 g/mol. The minimum absolute atomic E-state index is 0.281. The maximum absolute atomic E-state index is 12.6. The van der Waals surface area contributed by atoms with Gasteiger partial charge in [-0.2, -0.15) is 5.26 Å². The molecule has 0 fully saturated rings. The van der Waals surface area contributed by atoms with Gasteiger partial charge in [-0.1, -0.05) is 42.5 Å². The van der Waals surface area contributed by atoms with E-state index >= 15 is 0 Å². The number of carbonyl (C=O) groups excluding carboxylic acids is 1. The van der Waals surface area contributed by atoms with Crippen LogP contribution < -0.4 is 16.4 Å². The molecule has 0 radical (unpaired) electrons. The zero-order valence-corrected chi connectivity index (χ0v) is 17.5. The minimum Gasteiger partial charge on any atom is -0.397 e. The van der Waals surface area contributed by atoms with Gasteiger partial charge in [-0.25, -0.2) is 4.98 Å². The zero-order chi connectivity index (χ0) is 21.6. The lowest BCUT2D eigenvalue weighted by atomic mass is 10.2. The molecule has 1 aliphatic rings. The highest BCUT2D eigenvalue weighted by Crippen LogP contribution is 2.26. The molecule has 4 rings (SSSR count). The molecule has 0 aliphatic carbocycles. The number of thiazole rings is 1. The van der Waals surface area contributed by atoms with Gasteiger partial charge in [0.2, 0.25) is 12.2 Å². The Morgan fingerprint density at radius 1 is 1.23 bits per heavy atom. The molecule has 8 nitrogen and oxygen atoms in total. The van der Waals surface area contributed by atoms with E-state index in [2.05, 4.69) is 20.6 Å². The summed E-state index contributed by atoms with van der Waals surface area (Å²) >= 11 is 1.35. The molecule has 0 atom stereocenters. The second-order valence-corrected chi connectivity index (χ2v) is 8.06. The van der Waals surface area contributed by atoms with Gasteiger partial charge >= 0.3 is 0 Å². The Hall–Kier alpha value is -3.90. The van der Waals surface area contributed by atoms with Crippen LogP contribution in [0, 0.1) is 11.5 Å². The van der Waals surface area contributed by atoms with Crippen molar-refractivity contribution in [2.75, 3.05) is 17.6 Å². The maximum atomic E-state index is 12.6. The van der Waals surface area contributed by atoms with Crippen LogP contribution in [-0.4, -0.2) is 28.3 Å². The summed E-state index contributed by atoms with van der Waals surface area (Å²) < 4.78 is 0. The summed E-state index contributed by atoms with van der Waals surface area (Å²) in [5, 5.41) is 15.6. The largest absolute Gasteiger partial charge is 0.397 e. The molecule has 156 valence electrons. The van der Waals surface area contributed by atoms with Crippen molar-refractivity contribution in [2.45, 2.75) is 19.5 Å². The van der Waals surface area contributed by atoms with Crippen molar-refractivity contribution < 1.29 is 4.79 Å². The number of para-hydroxylation sites is 2. The standard InChI is InChI=1S/C22H21N7OS/c23-14-26-22(25-12-15-6-2-1-3-7-15)29-11-10-18-19(13-29)31-21(28-18)20(30)27-17-9-5-4-8-16(17)24/h1-9H,10-13,24H2,(H,25,26)(H,27,30). The topological polar surface area (TPSA) is 119 Å². The van der Waals surface area contributed by atoms with Crippen LogP contribution >= 0.6 is 11.3 Å². The van der Waals surface area contributed by atoms with Gasteiger partial charge in [0.25, 0.3) is 5.91 Å². The molecule has 0 unspecified atom stereocenters. The Bertz CT molecular complexity index is 1150. The summed E-state index contributed by atoms with van der Waals surface area (Å²) in [6.07, 6.45) is 2.55. The smallest absolute Gasteiger partial charge is 0.284 e. The molecule has 0 bridgehead atoms. The highest BCUT2D eigenvalue weighted by molar-refractivity contribution is 7.13. The molecule has 4 N–H and O–H groups in total. The lowest BCUT2D eigenvalue weighted by Gasteiger charge is -2.28. The number of anilines is 2. The van der Waals surface area contributed by atoms with E-state index < -0.39 is 0 Å². The van der Waals surface area contributed by atoms with Crippen LogP contribution in [0.3, 0.4) is 0 Å². The number of nitrogens with two attached hydrogens (primary N) is 1. The van der Waals surface area contributed by atoms with Crippen LogP contribution in [0.4, 0.5) is 11.4 Å². The van der Waals surface area contributed by atoms with Crippen LogP contribution in [0.15, 0.2) is 59.6 Å². The fraction of sp³-hybridized carbons (Fsp3) is 0.182. The van der Waals surface area contributed by atoms with Crippen molar-refractivity contribution in [3.63, 3.8) is 0 Å². The number of carbonyl (C=O) groups is 1. The summed E-state index contributed by atoms with van der Waals surface area (Å²) in [7, 11) is 0. The molecular formula is C22H21N7OS. The fourth-order valence-electron chi connectivity index (χ4n) is 3.31. The molecule has 3 aromatic rings. The van der Waals surface area contributed by atoms with Crippen molar-refractivity contribution in [2.24, 2.45) is 4.99 Å². The number of aliphatic imine (C=N–C) groups is 1. The molecule has 2 heterocycles. The molecule has 9 heteroatoms. The SMILES string of the molecule is N#C/N=C(/NCc1ccccc1)N1CCc2nc(C(=O)Nc3ccccc3N)sc2C1. The van der Waals surface area contributed by atoms with Gasteiger partial charge in [0.1, 0.15) is 0 Å². The summed E-state index contributed by atoms with van der Waals surface area (Å²) in [4.78, 5) is 24.1. The molecule has 0 saturated carbocycles. The second kappa shape index (κ2) is 9.28. The number of fused-ring (bicyclic) bond motifs is 1. The lowest BCUT2D eigenvalue weighted by Crippen LogP contribution is -2.43. The van der Waals surface area contributed by atoms with Gasteiger partial charge in [0, 0.05) is 24.4 Å². The third-order valence-corrected chi connectivity index (χ3v) is 5.96. The van der Waals surface area contributed by atoms with E-state index in [-0.39, 0.29) is 5.91 Å². The first-order chi connectivity index (χ1) is 15.1. The Morgan fingerprint density at radius 3 is 2.77 bits per heavy atom. The van der Waals surface area contributed by atoms with Crippen molar-refractivity contribution in [1.29, 1.82) is 5.26 Å². The van der Waals surface area contributed by atoms with Crippen molar-refractivity contribution in [3.8, 4) is 6.19 Å². The average molecular weight is 432 g/mol. The zero-order valence-electron chi connectivity index (χ0n) is 16.7. The molecule has 1 amide bonds. The first-order valence-electron chi connectivity index (χ1n) is 9.78. The van der Waals surface area contributed by atoms with Gasteiger partial charge in [0.05, 0.1) is 23.6 Å². The van der Waals surface area contributed by atoms with Crippen LogP contribution in [0.2, 0.25) is 0 Å². The predicted molar refractivity (Wildman–Crippen MR) is 121 cm³/mol. The van der Waals surface area contributed by atoms with Crippen LogP contribution in [0.25, 0.3) is 0 Å². The number of hydrogen-bond acceptors (Lipinski definition) is 6. The minimum atomic E-state index is -0.281. The molecule has 1 aliphatic heterocycles. The number of guanidine groups is 1. The highest BCUT2D eigenvalue weighted by Gasteiger charge is 2.25. The normalized spacial score (nSPS) is 13.3. The molecule has 31 heavy (non-hydrogen) atoms. The van der Waals surface area contributed by atoms with Gasteiger partial charge < -0.3 is 21.3 Å². The molecule has 0 spiro atoms. The molecule has 2 aromatic carbocycles. The number of nitrogens with zero attached hydrogens (tertiary/aromatic N) is 4. The average Bonchev–Trinajstić information content (AvgIpc) is 3.22. The van der Waals surface area contributed by atoms with Gasteiger partial charge in [0.15, 0.2) is 5.01 Å². The molecule has 0 saturated heterocycles. The summed E-state index contributed by atoms with van der Waals surface area (Å²) in [6, 6.07) is 17.0. The third-order valence-electron chi connectivity index (χ3n) is 4.88. The third kappa shape index (κ3) is 4.82. The Kier molecular flexibility index (Phi) is 6.10.